The second kappa shape index (κ2) is 6.85. The molecule has 0 saturated carbocycles. The van der Waals surface area contributed by atoms with Crippen LogP contribution in [0, 0.1) is 6.92 Å². The molecule has 6 nitrogen and oxygen atoms in total. The lowest BCUT2D eigenvalue weighted by Crippen LogP contribution is -2.34. The van der Waals surface area contributed by atoms with Crippen LogP contribution in [-0.4, -0.2) is 51.7 Å². The van der Waals surface area contributed by atoms with Gasteiger partial charge in [-0.25, -0.2) is 9.50 Å². The standard InChI is InChI=1S/C21H26N6/c1-15-4-5-16-13-18(15)19-14-24-27-11-7-20(25-21(19)27)23-8-6-17-3-2-10-26(17)12-9-22-16/h4-5,7,11,13-14,17,22H,2-3,6,8-10,12H2,1H3,(H,23,25). The summed E-state index contributed by atoms with van der Waals surface area (Å²) in [4.78, 5) is 7.50. The molecule has 0 amide bonds. The number of nitrogens with one attached hydrogen (secondary N) is 2. The molecule has 0 spiro atoms. The molecule has 2 N–H and O–H groups in total. The van der Waals surface area contributed by atoms with Crippen LogP contribution in [-0.2, 0) is 0 Å². The second-order valence-corrected chi connectivity index (χ2v) is 7.64. The van der Waals surface area contributed by atoms with Crippen molar-refractivity contribution in [3.8, 4) is 11.1 Å². The quantitative estimate of drug-likeness (QED) is 0.642. The third-order valence-electron chi connectivity index (χ3n) is 5.91. The molecule has 1 aromatic carbocycles. The lowest BCUT2D eigenvalue weighted by molar-refractivity contribution is 0.256. The van der Waals surface area contributed by atoms with Crippen molar-refractivity contribution >= 4 is 17.2 Å². The SMILES string of the molecule is Cc1ccc2cc1-c1cnn3ccc(nc13)NCCC1CCCN1CCN2. The Balaban J connectivity index is 1.57. The van der Waals surface area contributed by atoms with Crippen LogP contribution < -0.4 is 10.6 Å². The zero-order valence-electron chi connectivity index (χ0n) is 15.8. The van der Waals surface area contributed by atoms with Gasteiger partial charge in [-0.2, -0.15) is 5.10 Å². The highest BCUT2D eigenvalue weighted by atomic mass is 15.3. The summed E-state index contributed by atoms with van der Waals surface area (Å²) < 4.78 is 1.86. The molecule has 1 saturated heterocycles. The maximum absolute atomic E-state index is 4.86. The van der Waals surface area contributed by atoms with Crippen LogP contribution >= 0.6 is 0 Å². The summed E-state index contributed by atoms with van der Waals surface area (Å²) in [7, 11) is 0. The number of benzene rings is 1. The Morgan fingerprint density at radius 1 is 1.04 bits per heavy atom. The van der Waals surface area contributed by atoms with Crippen LogP contribution in [0.1, 0.15) is 24.8 Å². The monoisotopic (exact) mass is 362 g/mol. The first-order valence-electron chi connectivity index (χ1n) is 9.95. The van der Waals surface area contributed by atoms with Gasteiger partial charge in [0.05, 0.1) is 6.20 Å². The molecule has 0 aliphatic carbocycles. The molecule has 1 fully saturated rings. The van der Waals surface area contributed by atoms with E-state index in [0.717, 1.165) is 48.8 Å². The molecule has 2 aromatic heterocycles. The van der Waals surface area contributed by atoms with Gasteiger partial charge in [0.2, 0.25) is 0 Å². The fourth-order valence-electron chi connectivity index (χ4n) is 4.41. The summed E-state index contributed by atoms with van der Waals surface area (Å²) in [6.45, 7) is 6.38. The average Bonchev–Trinajstić information content (AvgIpc) is 3.29. The zero-order chi connectivity index (χ0) is 18.2. The highest BCUT2D eigenvalue weighted by Gasteiger charge is 2.23. The summed E-state index contributed by atoms with van der Waals surface area (Å²) in [6, 6.07) is 9.27. The molecular weight excluding hydrogens is 336 g/mol. The minimum absolute atomic E-state index is 0.673. The molecule has 5 rings (SSSR count). The molecule has 6 heteroatoms. The maximum Gasteiger partial charge on any atom is 0.165 e. The number of nitrogens with zero attached hydrogens (tertiary/aromatic N) is 4. The van der Waals surface area contributed by atoms with Crippen LogP contribution in [0.5, 0.6) is 0 Å². The summed E-state index contributed by atoms with van der Waals surface area (Å²) in [5.74, 6) is 0.926. The summed E-state index contributed by atoms with van der Waals surface area (Å²) >= 11 is 0. The largest absolute Gasteiger partial charge is 0.384 e. The molecule has 2 aliphatic heterocycles. The van der Waals surface area contributed by atoms with E-state index >= 15 is 0 Å². The van der Waals surface area contributed by atoms with Crippen molar-refractivity contribution in [3.63, 3.8) is 0 Å². The van der Waals surface area contributed by atoms with Crippen molar-refractivity contribution in [2.75, 3.05) is 36.8 Å². The summed E-state index contributed by atoms with van der Waals surface area (Å²) in [5.41, 5.74) is 5.57. The van der Waals surface area contributed by atoms with Crippen LogP contribution in [0.4, 0.5) is 11.5 Å². The average molecular weight is 362 g/mol. The van der Waals surface area contributed by atoms with E-state index in [1.165, 1.54) is 30.5 Å². The Labute approximate surface area is 159 Å². The van der Waals surface area contributed by atoms with Crippen molar-refractivity contribution in [1.29, 1.82) is 0 Å². The van der Waals surface area contributed by atoms with Crippen molar-refractivity contribution in [1.82, 2.24) is 19.5 Å². The van der Waals surface area contributed by atoms with E-state index in [9.17, 15) is 0 Å². The highest BCUT2D eigenvalue weighted by Crippen LogP contribution is 2.30. The van der Waals surface area contributed by atoms with E-state index in [2.05, 4.69) is 45.8 Å². The minimum atomic E-state index is 0.673. The Kier molecular flexibility index (Phi) is 4.20. The van der Waals surface area contributed by atoms with Crippen LogP contribution in [0.2, 0.25) is 0 Å². The number of rotatable bonds is 0. The Bertz CT molecular complexity index is 962. The predicted molar refractivity (Wildman–Crippen MR) is 109 cm³/mol. The van der Waals surface area contributed by atoms with Gasteiger partial charge in [-0.15, -0.1) is 0 Å². The van der Waals surface area contributed by atoms with Crippen molar-refractivity contribution in [3.05, 3.63) is 42.2 Å². The van der Waals surface area contributed by atoms with Crippen molar-refractivity contribution in [2.45, 2.75) is 32.2 Å². The van der Waals surface area contributed by atoms with Gasteiger partial charge in [-0.05, 0) is 62.1 Å². The van der Waals surface area contributed by atoms with E-state index in [-0.39, 0.29) is 0 Å². The van der Waals surface area contributed by atoms with Crippen LogP contribution in [0.25, 0.3) is 16.8 Å². The normalized spacial score (nSPS) is 20.6. The lowest BCUT2D eigenvalue weighted by Gasteiger charge is -2.25. The number of aryl methyl sites for hydroxylation is 1. The molecule has 27 heavy (non-hydrogen) atoms. The topological polar surface area (TPSA) is 57.5 Å². The first-order valence-corrected chi connectivity index (χ1v) is 9.95. The fourth-order valence-corrected chi connectivity index (χ4v) is 4.41. The van der Waals surface area contributed by atoms with Crippen LogP contribution in [0.15, 0.2) is 36.7 Å². The molecule has 2 aliphatic rings. The predicted octanol–water partition coefficient (Wildman–Crippen LogP) is 3.40. The first-order chi connectivity index (χ1) is 13.3. The molecule has 3 aromatic rings. The van der Waals surface area contributed by atoms with E-state index in [0.29, 0.717) is 6.04 Å². The maximum atomic E-state index is 4.86. The van der Waals surface area contributed by atoms with Gasteiger partial charge in [0.25, 0.3) is 0 Å². The molecule has 1 atom stereocenters. The Morgan fingerprint density at radius 2 is 2.00 bits per heavy atom. The van der Waals surface area contributed by atoms with E-state index in [4.69, 9.17) is 4.98 Å². The second-order valence-electron chi connectivity index (χ2n) is 7.64. The van der Waals surface area contributed by atoms with Crippen molar-refractivity contribution in [2.24, 2.45) is 0 Å². The molecule has 0 radical (unpaired) electrons. The van der Waals surface area contributed by atoms with E-state index < -0.39 is 0 Å². The Hall–Kier alpha value is -2.60. The molecule has 1 unspecified atom stereocenters. The third kappa shape index (κ3) is 3.14. The van der Waals surface area contributed by atoms with Gasteiger partial charge < -0.3 is 10.6 Å². The van der Waals surface area contributed by atoms with Crippen LogP contribution in [0.3, 0.4) is 0 Å². The molecule has 4 bridgehead atoms. The smallest absolute Gasteiger partial charge is 0.165 e. The van der Waals surface area contributed by atoms with Crippen molar-refractivity contribution < 1.29 is 0 Å². The number of anilines is 2. The lowest BCUT2D eigenvalue weighted by atomic mass is 10.0. The zero-order valence-corrected chi connectivity index (χ0v) is 15.8. The molecule has 140 valence electrons. The first kappa shape index (κ1) is 16.6. The number of fused-ring (bicyclic) bond motifs is 5. The number of aromatic nitrogens is 3. The number of hydrogen-bond acceptors (Lipinski definition) is 5. The van der Waals surface area contributed by atoms with Gasteiger partial charge in [-0.3, -0.25) is 4.90 Å². The van der Waals surface area contributed by atoms with Gasteiger partial charge in [0.15, 0.2) is 5.65 Å². The van der Waals surface area contributed by atoms with Gasteiger partial charge in [0.1, 0.15) is 5.82 Å². The molecule has 4 heterocycles. The third-order valence-corrected chi connectivity index (χ3v) is 5.91. The Morgan fingerprint density at radius 3 is 2.96 bits per heavy atom. The van der Waals surface area contributed by atoms with E-state index in [1.54, 1.807) is 0 Å². The number of hydrogen-bond donors (Lipinski definition) is 2. The minimum Gasteiger partial charge on any atom is -0.384 e. The molecular formula is C21H26N6. The summed E-state index contributed by atoms with van der Waals surface area (Å²) in [5, 5.41) is 11.7. The van der Waals surface area contributed by atoms with Gasteiger partial charge >= 0.3 is 0 Å². The fraction of sp³-hybridized carbons (Fsp3) is 0.429. The van der Waals surface area contributed by atoms with Gasteiger partial charge in [-0.1, -0.05) is 6.07 Å². The van der Waals surface area contributed by atoms with Gasteiger partial charge in [0, 0.05) is 43.1 Å². The highest BCUT2D eigenvalue weighted by molar-refractivity contribution is 5.81. The summed E-state index contributed by atoms with van der Waals surface area (Å²) in [6.07, 6.45) is 7.68. The van der Waals surface area contributed by atoms with E-state index in [1.807, 2.05) is 23.0 Å².